The second-order valence-electron chi connectivity index (χ2n) is 5.94. The van der Waals surface area contributed by atoms with Gasteiger partial charge in [0.25, 0.3) is 0 Å². The topological polar surface area (TPSA) is 75.3 Å². The summed E-state index contributed by atoms with van der Waals surface area (Å²) in [4.78, 5) is 15.9. The normalized spacial score (nSPS) is 10.5. The molecular formula is C21H15Cl2FN2O3. The highest BCUT2D eigenvalue weighted by Crippen LogP contribution is 2.33. The molecule has 1 aromatic heterocycles. The number of carbonyl (C=O) groups is 1. The number of alkyl halides is 1. The Morgan fingerprint density at radius 1 is 1.17 bits per heavy atom. The largest absolute Gasteiger partial charge is 0.476 e. The number of halogens is 3. The number of imidazole rings is 1. The molecule has 2 aromatic carbocycles. The van der Waals surface area contributed by atoms with Crippen LogP contribution in [-0.2, 0) is 6.61 Å². The highest BCUT2D eigenvalue weighted by molar-refractivity contribution is 6.36. The van der Waals surface area contributed by atoms with Gasteiger partial charge in [0.1, 0.15) is 12.5 Å². The highest BCUT2D eigenvalue weighted by atomic mass is 35.5. The summed E-state index contributed by atoms with van der Waals surface area (Å²) in [6, 6.07) is 11.6. The predicted molar refractivity (Wildman–Crippen MR) is 109 cm³/mol. The zero-order valence-corrected chi connectivity index (χ0v) is 16.5. The molecule has 5 nitrogen and oxygen atoms in total. The van der Waals surface area contributed by atoms with Crippen molar-refractivity contribution in [2.45, 2.75) is 13.0 Å². The second kappa shape index (κ2) is 9.10. The van der Waals surface area contributed by atoms with E-state index in [4.69, 9.17) is 23.2 Å². The first-order valence-corrected chi connectivity index (χ1v) is 9.28. The van der Waals surface area contributed by atoms with Crippen molar-refractivity contribution in [3.63, 3.8) is 0 Å². The molecule has 29 heavy (non-hydrogen) atoms. The maximum atomic E-state index is 12.2. The van der Waals surface area contributed by atoms with Crippen molar-refractivity contribution >= 4 is 29.2 Å². The maximum Gasteiger partial charge on any atom is 0.356 e. The standard InChI is InChI=1S/C21H15Cl2FN2O3/c22-14-6-9-16(17(23)11-14)20-25-19(21(28)29)18(12-27)26(20)15-7-4-13(5-8-15)3-1-2-10-24/h4-9,11,27H,2,10,12H2,(H,28,29). The molecule has 0 atom stereocenters. The van der Waals surface area contributed by atoms with Crippen molar-refractivity contribution in [2.24, 2.45) is 0 Å². The van der Waals surface area contributed by atoms with Crippen molar-refractivity contribution in [3.8, 4) is 28.9 Å². The fraction of sp³-hybridized carbons (Fsp3) is 0.143. The fourth-order valence-electron chi connectivity index (χ4n) is 2.81. The first kappa shape index (κ1) is 20.9. The van der Waals surface area contributed by atoms with Crippen molar-refractivity contribution in [1.29, 1.82) is 0 Å². The summed E-state index contributed by atoms with van der Waals surface area (Å²) in [5.74, 6) is 4.54. The summed E-state index contributed by atoms with van der Waals surface area (Å²) in [6.45, 7) is -1.05. The van der Waals surface area contributed by atoms with Crippen molar-refractivity contribution < 1.29 is 19.4 Å². The van der Waals surface area contributed by atoms with E-state index < -0.39 is 19.3 Å². The van der Waals surface area contributed by atoms with Gasteiger partial charge in [0.15, 0.2) is 5.69 Å². The van der Waals surface area contributed by atoms with Crippen molar-refractivity contribution in [1.82, 2.24) is 9.55 Å². The molecule has 0 amide bonds. The van der Waals surface area contributed by atoms with Crippen LogP contribution in [0.3, 0.4) is 0 Å². The molecule has 148 valence electrons. The van der Waals surface area contributed by atoms with Gasteiger partial charge < -0.3 is 10.2 Å². The van der Waals surface area contributed by atoms with Gasteiger partial charge in [0.2, 0.25) is 0 Å². The molecule has 0 saturated carbocycles. The van der Waals surface area contributed by atoms with E-state index >= 15 is 0 Å². The SMILES string of the molecule is O=C(O)c1nc(-c2ccc(Cl)cc2Cl)n(-c2ccc(C#CCCF)cc2)c1CO. The van der Waals surface area contributed by atoms with Crippen LogP contribution in [0.4, 0.5) is 4.39 Å². The van der Waals surface area contributed by atoms with E-state index in [9.17, 15) is 19.4 Å². The Balaban J connectivity index is 2.19. The number of hydrogen-bond donors (Lipinski definition) is 2. The predicted octanol–water partition coefficient (Wildman–Crippen LogP) is 4.75. The number of carboxylic acids is 1. The summed E-state index contributed by atoms with van der Waals surface area (Å²) in [6.07, 6.45) is 0.152. The monoisotopic (exact) mass is 432 g/mol. The summed E-state index contributed by atoms with van der Waals surface area (Å²) >= 11 is 12.3. The second-order valence-corrected chi connectivity index (χ2v) is 6.78. The van der Waals surface area contributed by atoms with Gasteiger partial charge in [0, 0.05) is 28.3 Å². The number of aliphatic hydroxyl groups excluding tert-OH is 1. The van der Waals surface area contributed by atoms with Crippen LogP contribution in [-0.4, -0.2) is 32.4 Å². The van der Waals surface area contributed by atoms with Gasteiger partial charge in [-0.15, -0.1) is 0 Å². The Bertz CT molecular complexity index is 1120. The summed E-state index contributed by atoms with van der Waals surface area (Å²) in [5.41, 5.74) is 1.53. The molecule has 0 aliphatic carbocycles. The quantitative estimate of drug-likeness (QED) is 0.570. The molecular weight excluding hydrogens is 418 g/mol. The Hall–Kier alpha value is -2.85. The van der Waals surface area contributed by atoms with E-state index in [2.05, 4.69) is 16.8 Å². The average molecular weight is 433 g/mol. The molecule has 8 heteroatoms. The number of aromatic carboxylic acids is 1. The van der Waals surface area contributed by atoms with Crippen LogP contribution in [0.1, 0.15) is 28.2 Å². The number of hydrogen-bond acceptors (Lipinski definition) is 3. The van der Waals surface area contributed by atoms with E-state index in [0.29, 0.717) is 26.9 Å². The smallest absolute Gasteiger partial charge is 0.356 e. The van der Waals surface area contributed by atoms with Crippen molar-refractivity contribution in [3.05, 3.63) is 69.5 Å². The number of aromatic nitrogens is 2. The van der Waals surface area contributed by atoms with E-state index in [1.165, 1.54) is 10.6 Å². The minimum Gasteiger partial charge on any atom is -0.476 e. The van der Waals surface area contributed by atoms with E-state index in [0.717, 1.165) is 0 Å². The van der Waals surface area contributed by atoms with Gasteiger partial charge in [-0.2, -0.15) is 0 Å². The van der Waals surface area contributed by atoms with Crippen LogP contribution < -0.4 is 0 Å². The summed E-state index contributed by atoms with van der Waals surface area (Å²) in [5, 5.41) is 20.1. The molecule has 0 saturated heterocycles. The molecule has 0 aliphatic heterocycles. The molecule has 0 aliphatic rings. The molecule has 3 aromatic rings. The molecule has 0 bridgehead atoms. The molecule has 2 N–H and O–H groups in total. The highest BCUT2D eigenvalue weighted by Gasteiger charge is 2.24. The molecule has 0 spiro atoms. The number of aliphatic hydroxyl groups is 1. The molecule has 0 radical (unpaired) electrons. The lowest BCUT2D eigenvalue weighted by molar-refractivity contribution is 0.0687. The van der Waals surface area contributed by atoms with Crippen molar-refractivity contribution in [2.75, 3.05) is 6.67 Å². The van der Waals surface area contributed by atoms with Crippen LogP contribution in [0.5, 0.6) is 0 Å². The Kier molecular flexibility index (Phi) is 6.55. The molecule has 3 rings (SSSR count). The summed E-state index contributed by atoms with van der Waals surface area (Å²) < 4.78 is 13.7. The third kappa shape index (κ3) is 4.43. The first-order valence-electron chi connectivity index (χ1n) is 8.52. The number of rotatable bonds is 5. The lowest BCUT2D eigenvalue weighted by Crippen LogP contribution is -2.06. The summed E-state index contributed by atoms with van der Waals surface area (Å²) in [7, 11) is 0. The third-order valence-electron chi connectivity index (χ3n) is 4.07. The van der Waals surface area contributed by atoms with Gasteiger partial charge in [-0.25, -0.2) is 9.78 Å². The molecule has 0 fully saturated rings. The van der Waals surface area contributed by atoms with Gasteiger partial charge in [0.05, 0.1) is 17.3 Å². The maximum absolute atomic E-state index is 12.2. The van der Waals surface area contributed by atoms with Crippen LogP contribution >= 0.6 is 23.2 Å². The van der Waals surface area contributed by atoms with Gasteiger partial charge in [-0.3, -0.25) is 8.96 Å². The number of nitrogens with zero attached hydrogens (tertiary/aromatic N) is 2. The van der Waals surface area contributed by atoms with E-state index in [1.807, 2.05) is 0 Å². The minimum atomic E-state index is -1.27. The third-order valence-corrected chi connectivity index (χ3v) is 4.62. The number of benzene rings is 2. The van der Waals surface area contributed by atoms with Crippen LogP contribution in [0, 0.1) is 11.8 Å². The van der Waals surface area contributed by atoms with E-state index in [1.54, 1.807) is 36.4 Å². The van der Waals surface area contributed by atoms with Crippen LogP contribution in [0.25, 0.3) is 17.1 Å². The van der Waals surface area contributed by atoms with Crippen LogP contribution in [0.15, 0.2) is 42.5 Å². The van der Waals surface area contributed by atoms with Gasteiger partial charge >= 0.3 is 5.97 Å². The minimum absolute atomic E-state index is 0.106. The first-order chi connectivity index (χ1) is 14.0. The Labute approximate surface area is 176 Å². The van der Waals surface area contributed by atoms with Crippen LogP contribution in [0.2, 0.25) is 10.0 Å². The van der Waals surface area contributed by atoms with E-state index in [-0.39, 0.29) is 23.6 Å². The Morgan fingerprint density at radius 2 is 1.90 bits per heavy atom. The lowest BCUT2D eigenvalue weighted by Gasteiger charge is -2.12. The zero-order valence-electron chi connectivity index (χ0n) is 15.0. The fourth-order valence-corrected chi connectivity index (χ4v) is 3.30. The van der Waals surface area contributed by atoms with Gasteiger partial charge in [-0.05, 0) is 42.5 Å². The molecule has 0 unspecified atom stereocenters. The average Bonchev–Trinajstić information content (AvgIpc) is 3.08. The number of carboxylic acid groups (broad SMARTS) is 1. The Morgan fingerprint density at radius 3 is 2.48 bits per heavy atom. The molecule has 1 heterocycles. The van der Waals surface area contributed by atoms with Gasteiger partial charge in [-0.1, -0.05) is 35.0 Å². The lowest BCUT2D eigenvalue weighted by atomic mass is 10.1. The zero-order chi connectivity index (χ0) is 21.0.